The van der Waals surface area contributed by atoms with E-state index in [1.807, 2.05) is 6.07 Å². The van der Waals surface area contributed by atoms with Gasteiger partial charge in [0.25, 0.3) is 0 Å². The number of para-hydroxylation sites is 2. The molecule has 24 heavy (non-hydrogen) atoms. The zero-order valence-corrected chi connectivity index (χ0v) is 13.0. The lowest BCUT2D eigenvalue weighted by molar-refractivity contribution is 0.0516. The summed E-state index contributed by atoms with van der Waals surface area (Å²) in [6.07, 6.45) is 4.87. The second-order valence-corrected chi connectivity index (χ2v) is 4.86. The average molecular weight is 324 g/mol. The third-order valence-electron chi connectivity index (χ3n) is 3.20. The van der Waals surface area contributed by atoms with E-state index in [2.05, 4.69) is 10.1 Å². The second-order valence-electron chi connectivity index (χ2n) is 4.86. The second kappa shape index (κ2) is 6.82. The Hall–Kier alpha value is -3.35. The van der Waals surface area contributed by atoms with Crippen LogP contribution < -0.4 is 10.5 Å². The van der Waals surface area contributed by atoms with Gasteiger partial charge in [-0.05, 0) is 31.2 Å². The quantitative estimate of drug-likeness (QED) is 0.573. The summed E-state index contributed by atoms with van der Waals surface area (Å²) in [5, 5.41) is 4.26. The third kappa shape index (κ3) is 3.19. The molecule has 7 heteroatoms. The Morgan fingerprint density at radius 1 is 1.21 bits per heavy atom. The van der Waals surface area contributed by atoms with Gasteiger partial charge in [-0.1, -0.05) is 12.1 Å². The van der Waals surface area contributed by atoms with Gasteiger partial charge in [0.1, 0.15) is 0 Å². The number of pyridine rings is 1. The first-order valence-corrected chi connectivity index (χ1v) is 7.38. The maximum atomic E-state index is 12.2. The fraction of sp³-hybridized carbons (Fsp3) is 0.118. The van der Waals surface area contributed by atoms with Gasteiger partial charge >= 0.3 is 5.97 Å². The summed E-state index contributed by atoms with van der Waals surface area (Å²) in [5.41, 5.74) is 7.12. The van der Waals surface area contributed by atoms with Crippen molar-refractivity contribution in [2.45, 2.75) is 6.92 Å². The van der Waals surface area contributed by atoms with E-state index < -0.39 is 5.97 Å². The highest BCUT2D eigenvalue weighted by molar-refractivity contribution is 5.90. The summed E-state index contributed by atoms with van der Waals surface area (Å²) in [6, 6.07) is 10.6. The minimum Gasteiger partial charge on any atom is -0.461 e. The molecule has 7 nitrogen and oxygen atoms in total. The van der Waals surface area contributed by atoms with E-state index in [1.54, 1.807) is 55.8 Å². The Morgan fingerprint density at radius 3 is 2.75 bits per heavy atom. The smallest absolute Gasteiger partial charge is 0.362 e. The standard InChI is InChI=1S/C17H16N4O3/c1-2-23-17(22)16-15(24-14-8-4-3-7-13(14)18)11-21(20-16)12-6-5-9-19-10-12/h3-11H,2,18H2,1H3. The number of hydrogen-bond acceptors (Lipinski definition) is 6. The number of nitrogens with zero attached hydrogens (tertiary/aromatic N) is 3. The monoisotopic (exact) mass is 324 g/mol. The van der Waals surface area contributed by atoms with Crippen LogP contribution in [0, 0.1) is 0 Å². The molecule has 2 N–H and O–H groups in total. The lowest BCUT2D eigenvalue weighted by atomic mass is 10.3. The van der Waals surface area contributed by atoms with Crippen molar-refractivity contribution in [2.24, 2.45) is 0 Å². The molecule has 0 aliphatic heterocycles. The van der Waals surface area contributed by atoms with Gasteiger partial charge in [-0.15, -0.1) is 0 Å². The Morgan fingerprint density at radius 2 is 2.04 bits per heavy atom. The van der Waals surface area contributed by atoms with Crippen molar-refractivity contribution in [2.75, 3.05) is 12.3 Å². The molecular formula is C17H16N4O3. The van der Waals surface area contributed by atoms with E-state index in [0.717, 1.165) is 0 Å². The zero-order valence-electron chi connectivity index (χ0n) is 13.0. The molecule has 0 atom stereocenters. The van der Waals surface area contributed by atoms with Crippen LogP contribution in [0.5, 0.6) is 11.5 Å². The third-order valence-corrected chi connectivity index (χ3v) is 3.20. The van der Waals surface area contributed by atoms with E-state index in [0.29, 0.717) is 17.1 Å². The molecule has 0 spiro atoms. The van der Waals surface area contributed by atoms with E-state index in [9.17, 15) is 4.79 Å². The van der Waals surface area contributed by atoms with Crippen LogP contribution in [-0.2, 0) is 4.74 Å². The Bertz CT molecular complexity index is 846. The molecular weight excluding hydrogens is 308 g/mol. The molecule has 2 aromatic heterocycles. The van der Waals surface area contributed by atoms with Gasteiger partial charge in [-0.25, -0.2) is 9.48 Å². The lowest BCUT2D eigenvalue weighted by Gasteiger charge is -2.07. The van der Waals surface area contributed by atoms with Gasteiger partial charge in [-0.3, -0.25) is 4.98 Å². The van der Waals surface area contributed by atoms with Crippen molar-refractivity contribution in [1.82, 2.24) is 14.8 Å². The lowest BCUT2D eigenvalue weighted by Crippen LogP contribution is -2.08. The number of aromatic nitrogens is 3. The number of ether oxygens (including phenoxy) is 2. The topological polar surface area (TPSA) is 92.3 Å². The average Bonchev–Trinajstić information content (AvgIpc) is 3.02. The van der Waals surface area contributed by atoms with E-state index >= 15 is 0 Å². The molecule has 0 saturated carbocycles. The van der Waals surface area contributed by atoms with Gasteiger partial charge < -0.3 is 15.2 Å². The number of nitrogen functional groups attached to an aromatic ring is 1. The number of nitrogens with two attached hydrogens (primary N) is 1. The van der Waals surface area contributed by atoms with E-state index in [-0.39, 0.29) is 18.1 Å². The zero-order chi connectivity index (χ0) is 16.9. The molecule has 122 valence electrons. The molecule has 3 aromatic rings. The molecule has 0 amide bonds. The van der Waals surface area contributed by atoms with Crippen LogP contribution in [0.15, 0.2) is 55.0 Å². The van der Waals surface area contributed by atoms with Crippen LogP contribution >= 0.6 is 0 Å². The fourth-order valence-electron chi connectivity index (χ4n) is 2.09. The number of esters is 1. The molecule has 0 radical (unpaired) electrons. The van der Waals surface area contributed by atoms with Crippen molar-refractivity contribution in [1.29, 1.82) is 0 Å². The summed E-state index contributed by atoms with van der Waals surface area (Å²) in [7, 11) is 0. The van der Waals surface area contributed by atoms with Crippen molar-refractivity contribution < 1.29 is 14.3 Å². The van der Waals surface area contributed by atoms with Crippen LogP contribution in [0.2, 0.25) is 0 Å². The molecule has 0 aliphatic carbocycles. The number of carbonyl (C=O) groups excluding carboxylic acids is 1. The predicted molar refractivity (Wildman–Crippen MR) is 88.2 cm³/mol. The molecule has 2 heterocycles. The maximum absolute atomic E-state index is 12.2. The molecule has 0 aliphatic rings. The number of anilines is 1. The van der Waals surface area contributed by atoms with Crippen molar-refractivity contribution in [3.05, 3.63) is 60.7 Å². The van der Waals surface area contributed by atoms with Crippen molar-refractivity contribution >= 4 is 11.7 Å². The normalized spacial score (nSPS) is 10.4. The minimum absolute atomic E-state index is 0.0731. The van der Waals surface area contributed by atoms with Gasteiger partial charge in [0.05, 0.1) is 30.4 Å². The number of rotatable bonds is 5. The summed E-state index contributed by atoms with van der Waals surface area (Å²) in [6.45, 7) is 1.97. The van der Waals surface area contributed by atoms with Crippen molar-refractivity contribution in [3.8, 4) is 17.2 Å². The highest BCUT2D eigenvalue weighted by atomic mass is 16.5. The number of hydrogen-bond donors (Lipinski definition) is 1. The SMILES string of the molecule is CCOC(=O)c1nn(-c2cccnc2)cc1Oc1ccccc1N. The first kappa shape index (κ1) is 15.5. The number of benzene rings is 1. The first-order chi connectivity index (χ1) is 11.7. The fourth-order valence-corrected chi connectivity index (χ4v) is 2.09. The van der Waals surface area contributed by atoms with Gasteiger partial charge in [-0.2, -0.15) is 5.10 Å². The summed E-state index contributed by atoms with van der Waals surface area (Å²) in [5.74, 6) is 0.133. The Labute approximate surface area is 138 Å². The molecule has 1 aromatic carbocycles. The highest BCUT2D eigenvalue weighted by Gasteiger charge is 2.21. The van der Waals surface area contributed by atoms with Gasteiger partial charge in [0, 0.05) is 6.20 Å². The summed E-state index contributed by atoms with van der Waals surface area (Å²) < 4.78 is 12.3. The molecule has 0 saturated heterocycles. The minimum atomic E-state index is -0.565. The molecule has 3 rings (SSSR count). The molecule has 0 unspecified atom stereocenters. The van der Waals surface area contributed by atoms with Crippen LogP contribution in [0.1, 0.15) is 17.4 Å². The summed E-state index contributed by atoms with van der Waals surface area (Å²) >= 11 is 0. The maximum Gasteiger partial charge on any atom is 0.362 e. The Balaban J connectivity index is 2.01. The number of carbonyl (C=O) groups is 1. The van der Waals surface area contributed by atoms with Crippen LogP contribution in [0.25, 0.3) is 5.69 Å². The van der Waals surface area contributed by atoms with Crippen LogP contribution in [0.3, 0.4) is 0 Å². The van der Waals surface area contributed by atoms with Crippen molar-refractivity contribution in [3.63, 3.8) is 0 Å². The molecule has 0 bridgehead atoms. The van der Waals surface area contributed by atoms with Crippen LogP contribution in [-0.4, -0.2) is 27.3 Å². The van der Waals surface area contributed by atoms with E-state index in [1.165, 1.54) is 4.68 Å². The van der Waals surface area contributed by atoms with Gasteiger partial charge in [0.2, 0.25) is 5.69 Å². The largest absolute Gasteiger partial charge is 0.461 e. The predicted octanol–water partition coefficient (Wildman–Crippen LogP) is 2.82. The van der Waals surface area contributed by atoms with Gasteiger partial charge in [0.15, 0.2) is 11.5 Å². The highest BCUT2D eigenvalue weighted by Crippen LogP contribution is 2.30. The first-order valence-electron chi connectivity index (χ1n) is 7.38. The summed E-state index contributed by atoms with van der Waals surface area (Å²) in [4.78, 5) is 16.2. The molecule has 0 fully saturated rings. The van der Waals surface area contributed by atoms with E-state index in [4.69, 9.17) is 15.2 Å². The van der Waals surface area contributed by atoms with Crippen LogP contribution in [0.4, 0.5) is 5.69 Å². The Kier molecular flexibility index (Phi) is 4.42.